The van der Waals surface area contributed by atoms with Gasteiger partial charge < -0.3 is 24.8 Å². The van der Waals surface area contributed by atoms with Crippen LogP contribution in [0.3, 0.4) is 0 Å². The lowest BCUT2D eigenvalue weighted by Gasteiger charge is -2.16. The van der Waals surface area contributed by atoms with E-state index in [1.54, 1.807) is 32.0 Å². The molecule has 1 heterocycles. The predicted molar refractivity (Wildman–Crippen MR) is 150 cm³/mol. The minimum atomic E-state index is -0.833. The number of rotatable bonds is 6. The van der Waals surface area contributed by atoms with Gasteiger partial charge in [0.15, 0.2) is 0 Å². The van der Waals surface area contributed by atoms with Crippen LogP contribution < -0.4 is 9.47 Å². The predicted octanol–water partition coefficient (Wildman–Crippen LogP) is 6.49. The first-order valence-corrected chi connectivity index (χ1v) is 13.3. The van der Waals surface area contributed by atoms with Crippen molar-refractivity contribution >= 4 is 5.97 Å². The van der Waals surface area contributed by atoms with Crippen molar-refractivity contribution in [1.29, 1.82) is 5.26 Å². The smallest absolute Gasteiger partial charge is 0.300 e. The van der Waals surface area contributed by atoms with Gasteiger partial charge in [-0.1, -0.05) is 12.1 Å². The van der Waals surface area contributed by atoms with Gasteiger partial charge in [-0.3, -0.25) is 4.79 Å². The molecule has 0 fully saturated rings. The van der Waals surface area contributed by atoms with Crippen molar-refractivity contribution in [2.75, 3.05) is 6.61 Å². The summed E-state index contributed by atoms with van der Waals surface area (Å²) in [7, 11) is 0. The Kier molecular flexibility index (Phi) is 10.5. The zero-order chi connectivity index (χ0) is 29.3. The van der Waals surface area contributed by atoms with Crippen LogP contribution in [0.2, 0.25) is 0 Å². The Labute approximate surface area is 234 Å². The molecule has 5 rings (SSSR count). The van der Waals surface area contributed by atoms with Gasteiger partial charge in [0, 0.05) is 25.0 Å². The van der Waals surface area contributed by atoms with E-state index >= 15 is 0 Å². The van der Waals surface area contributed by atoms with Crippen molar-refractivity contribution in [2.24, 2.45) is 0 Å². The number of nitrogens with zero attached hydrogens (tertiary/aromatic N) is 1. The minimum absolute atomic E-state index is 0.174. The molecular formula is C32H36FNO6. The molecule has 0 amide bonds. The molecule has 40 heavy (non-hydrogen) atoms. The van der Waals surface area contributed by atoms with Crippen LogP contribution >= 0.6 is 0 Å². The Morgan fingerprint density at radius 1 is 1.07 bits per heavy atom. The second-order valence-electron chi connectivity index (χ2n) is 10.5. The number of nitriles is 1. The minimum Gasteiger partial charge on any atom is -0.508 e. The Morgan fingerprint density at radius 3 is 2.48 bits per heavy atom. The zero-order valence-corrected chi connectivity index (χ0v) is 23.2. The number of aromatic hydroxyl groups is 1. The molecule has 0 unspecified atom stereocenters. The van der Waals surface area contributed by atoms with Crippen LogP contribution in [-0.4, -0.2) is 33.5 Å². The number of carboxylic acid groups (broad SMARTS) is 1. The van der Waals surface area contributed by atoms with E-state index in [1.165, 1.54) is 11.6 Å². The van der Waals surface area contributed by atoms with Crippen LogP contribution in [0.1, 0.15) is 67.9 Å². The van der Waals surface area contributed by atoms with Crippen LogP contribution in [0.25, 0.3) is 0 Å². The summed E-state index contributed by atoms with van der Waals surface area (Å²) in [6.45, 7) is 5.43. The molecule has 0 spiro atoms. The summed E-state index contributed by atoms with van der Waals surface area (Å²) in [4.78, 5) is 9.00. The molecule has 0 radical (unpaired) electrons. The van der Waals surface area contributed by atoms with Gasteiger partial charge in [-0.25, -0.2) is 4.39 Å². The highest BCUT2D eigenvalue weighted by atomic mass is 19.1. The molecule has 3 aromatic rings. The molecule has 3 N–H and O–H groups in total. The summed E-state index contributed by atoms with van der Waals surface area (Å²) in [6, 6.07) is 16.1. The fourth-order valence-corrected chi connectivity index (χ4v) is 4.63. The van der Waals surface area contributed by atoms with E-state index in [4.69, 9.17) is 24.5 Å². The molecule has 1 aliphatic carbocycles. The van der Waals surface area contributed by atoms with Crippen LogP contribution in [0.5, 0.6) is 23.0 Å². The van der Waals surface area contributed by atoms with Crippen LogP contribution in [0.4, 0.5) is 4.39 Å². The van der Waals surface area contributed by atoms with Gasteiger partial charge in [0.2, 0.25) is 0 Å². The SMILES string of the molecule is CC(=O)O.CC(C)(O)CCCc1ccc(Oc2ccc(F)c3c2CCC3)c(C#N)c1.Oc1ccc2c(c1)OCC2. The maximum atomic E-state index is 13.9. The average molecular weight is 550 g/mol. The van der Waals surface area contributed by atoms with Crippen LogP contribution in [0, 0.1) is 17.1 Å². The number of ether oxygens (including phenoxy) is 2. The van der Waals surface area contributed by atoms with E-state index in [0.717, 1.165) is 74.5 Å². The first-order valence-electron chi connectivity index (χ1n) is 13.3. The number of benzene rings is 3. The van der Waals surface area contributed by atoms with Crippen molar-refractivity contribution in [3.8, 4) is 29.1 Å². The second kappa shape index (κ2) is 13.8. The fraction of sp³-hybridized carbons (Fsp3) is 0.375. The van der Waals surface area contributed by atoms with E-state index in [9.17, 15) is 14.8 Å². The lowest BCUT2D eigenvalue weighted by atomic mass is 9.98. The number of aliphatic carboxylic acids is 1. The van der Waals surface area contributed by atoms with E-state index < -0.39 is 11.6 Å². The van der Waals surface area contributed by atoms with Gasteiger partial charge >= 0.3 is 0 Å². The van der Waals surface area contributed by atoms with Crippen LogP contribution in [-0.2, 0) is 30.5 Å². The van der Waals surface area contributed by atoms with E-state index in [2.05, 4.69) is 6.07 Å². The molecular weight excluding hydrogens is 513 g/mol. The number of carbonyl (C=O) groups is 1. The van der Waals surface area contributed by atoms with Crippen molar-refractivity contribution in [2.45, 2.75) is 71.3 Å². The summed E-state index contributed by atoms with van der Waals surface area (Å²) in [5.41, 5.74) is 3.69. The fourth-order valence-electron chi connectivity index (χ4n) is 4.63. The molecule has 1 aliphatic heterocycles. The lowest BCUT2D eigenvalue weighted by molar-refractivity contribution is -0.134. The first-order chi connectivity index (χ1) is 19.0. The largest absolute Gasteiger partial charge is 0.508 e. The zero-order valence-electron chi connectivity index (χ0n) is 23.2. The number of halogens is 1. The molecule has 0 atom stereocenters. The van der Waals surface area contributed by atoms with E-state index in [-0.39, 0.29) is 11.6 Å². The lowest BCUT2D eigenvalue weighted by Crippen LogP contribution is -2.18. The number of fused-ring (bicyclic) bond motifs is 2. The number of phenols is 1. The van der Waals surface area contributed by atoms with Gasteiger partial charge in [-0.15, -0.1) is 0 Å². The maximum Gasteiger partial charge on any atom is 0.300 e. The highest BCUT2D eigenvalue weighted by molar-refractivity contribution is 5.63. The van der Waals surface area contributed by atoms with Gasteiger partial charge in [0.25, 0.3) is 5.97 Å². The third-order valence-electron chi connectivity index (χ3n) is 6.50. The Bertz CT molecular complexity index is 1370. The number of phenolic OH excluding ortho intramolecular Hbond substituents is 1. The summed E-state index contributed by atoms with van der Waals surface area (Å²) < 4.78 is 25.1. The molecule has 212 valence electrons. The first kappa shape index (κ1) is 30.5. The average Bonchev–Trinajstić information content (AvgIpc) is 3.56. The van der Waals surface area contributed by atoms with Crippen molar-refractivity contribution < 1.29 is 34.0 Å². The number of aliphatic hydroxyl groups is 1. The van der Waals surface area contributed by atoms with Gasteiger partial charge in [0.1, 0.15) is 34.9 Å². The summed E-state index contributed by atoms with van der Waals surface area (Å²) in [6.07, 6.45) is 5.79. The second-order valence-corrected chi connectivity index (χ2v) is 10.5. The third kappa shape index (κ3) is 8.99. The molecule has 0 bridgehead atoms. The Hall–Kier alpha value is -4.09. The molecule has 0 saturated heterocycles. The summed E-state index contributed by atoms with van der Waals surface area (Å²) in [5.74, 6) is 1.25. The maximum absolute atomic E-state index is 13.9. The summed E-state index contributed by atoms with van der Waals surface area (Å²) in [5, 5.41) is 35.7. The van der Waals surface area contributed by atoms with Crippen molar-refractivity contribution in [3.05, 3.63) is 82.2 Å². The third-order valence-corrected chi connectivity index (χ3v) is 6.50. The topological polar surface area (TPSA) is 120 Å². The van der Waals surface area contributed by atoms with Gasteiger partial charge in [0.05, 0.1) is 17.8 Å². The number of hydrogen-bond acceptors (Lipinski definition) is 6. The molecule has 8 heteroatoms. The number of aryl methyl sites for hydroxylation is 1. The van der Waals surface area contributed by atoms with Crippen molar-refractivity contribution in [3.63, 3.8) is 0 Å². The molecule has 7 nitrogen and oxygen atoms in total. The standard InChI is InChI=1S/C22H24FNO2.C8H8O2.C2H4O2/c1-22(2,25)12-4-5-15-8-10-20(16(13-15)14-24)26-21-11-9-19(23)17-6-3-7-18(17)21;9-7-2-1-6-3-4-10-8(6)5-7;1-2(3)4/h8-11,13,25H,3-7,12H2,1-2H3;1-2,5,9H,3-4H2;1H3,(H,3,4). The Morgan fingerprint density at radius 2 is 1.77 bits per heavy atom. The van der Waals surface area contributed by atoms with Crippen LogP contribution in [0.15, 0.2) is 48.5 Å². The van der Waals surface area contributed by atoms with Crippen molar-refractivity contribution in [1.82, 2.24) is 0 Å². The quantitative estimate of drug-likeness (QED) is 0.321. The molecule has 2 aliphatic rings. The molecule has 0 saturated carbocycles. The molecule has 0 aromatic heterocycles. The van der Waals surface area contributed by atoms with E-state index in [0.29, 0.717) is 23.5 Å². The number of carboxylic acids is 1. The highest BCUT2D eigenvalue weighted by Gasteiger charge is 2.21. The summed E-state index contributed by atoms with van der Waals surface area (Å²) >= 11 is 0. The number of hydrogen-bond donors (Lipinski definition) is 3. The van der Waals surface area contributed by atoms with E-state index in [1.807, 2.05) is 24.3 Å². The Balaban J connectivity index is 0.000000257. The highest BCUT2D eigenvalue weighted by Crippen LogP contribution is 2.36. The normalized spacial score (nSPS) is 12.9. The monoisotopic (exact) mass is 549 g/mol. The van der Waals surface area contributed by atoms with Gasteiger partial charge in [-0.05, 0) is 99.4 Å². The molecule has 3 aromatic carbocycles. The van der Waals surface area contributed by atoms with Gasteiger partial charge in [-0.2, -0.15) is 5.26 Å².